The molecule has 0 spiro atoms. The lowest BCUT2D eigenvalue weighted by atomic mass is 10.1. The second kappa shape index (κ2) is 5.24. The van der Waals surface area contributed by atoms with Gasteiger partial charge in [-0.2, -0.15) is 0 Å². The zero-order chi connectivity index (χ0) is 15.0. The number of benzene rings is 1. The van der Waals surface area contributed by atoms with Crippen molar-refractivity contribution in [3.63, 3.8) is 0 Å². The van der Waals surface area contributed by atoms with Crippen molar-refractivity contribution < 1.29 is 9.32 Å². The van der Waals surface area contributed by atoms with Crippen LogP contribution in [0.1, 0.15) is 46.3 Å². The molecule has 1 atom stereocenters. The van der Waals surface area contributed by atoms with Crippen LogP contribution in [0.2, 0.25) is 0 Å². The van der Waals surface area contributed by atoms with E-state index in [0.29, 0.717) is 11.3 Å². The molecule has 5 heteroatoms. The molecule has 0 bridgehead atoms. The molecule has 110 valence electrons. The Morgan fingerprint density at radius 3 is 2.86 bits per heavy atom. The summed E-state index contributed by atoms with van der Waals surface area (Å²) in [5.41, 5.74) is 8.95. The molecule has 1 aliphatic heterocycles. The van der Waals surface area contributed by atoms with Gasteiger partial charge in [0.15, 0.2) is 5.76 Å². The summed E-state index contributed by atoms with van der Waals surface area (Å²) < 4.78 is 5.34. The Bertz CT molecular complexity index is 678. The number of rotatable bonds is 2. The molecule has 0 aliphatic carbocycles. The van der Waals surface area contributed by atoms with E-state index in [-0.39, 0.29) is 11.9 Å². The minimum atomic E-state index is -0.0171. The fourth-order valence-electron chi connectivity index (χ4n) is 2.82. The van der Waals surface area contributed by atoms with E-state index in [4.69, 9.17) is 10.3 Å². The van der Waals surface area contributed by atoms with Crippen LogP contribution >= 0.6 is 0 Å². The van der Waals surface area contributed by atoms with Crippen LogP contribution in [0.25, 0.3) is 0 Å². The van der Waals surface area contributed by atoms with Crippen LogP contribution in [0.3, 0.4) is 0 Å². The third kappa shape index (κ3) is 2.51. The molecule has 1 amide bonds. The van der Waals surface area contributed by atoms with Crippen LogP contribution in [0.15, 0.2) is 28.8 Å². The van der Waals surface area contributed by atoms with E-state index in [9.17, 15) is 4.79 Å². The highest BCUT2D eigenvalue weighted by Crippen LogP contribution is 2.33. The van der Waals surface area contributed by atoms with Crippen molar-refractivity contribution >= 4 is 11.6 Å². The fourth-order valence-corrected chi connectivity index (χ4v) is 2.82. The standard InChI is InChI=1S/C16H19N3O2/c1-10-8-12(5-6-13(10)17)16(20)19-7-3-4-14(19)15-9-11(2)18-21-15/h5-6,8-9,14H,3-4,7,17H2,1-2H3. The SMILES string of the molecule is Cc1cc(C2CCCN2C(=O)c2ccc(N)c(C)c2)on1. The molecule has 0 saturated carbocycles. The van der Waals surface area contributed by atoms with Gasteiger partial charge in [0.2, 0.25) is 0 Å². The van der Waals surface area contributed by atoms with Gasteiger partial charge < -0.3 is 15.2 Å². The first kappa shape index (κ1) is 13.7. The molecule has 1 fully saturated rings. The van der Waals surface area contributed by atoms with Crippen LogP contribution in [-0.4, -0.2) is 22.5 Å². The number of anilines is 1. The van der Waals surface area contributed by atoms with Gasteiger partial charge in [0.25, 0.3) is 5.91 Å². The quantitative estimate of drug-likeness (QED) is 0.861. The number of aryl methyl sites for hydroxylation is 2. The van der Waals surface area contributed by atoms with E-state index in [2.05, 4.69) is 5.16 Å². The maximum absolute atomic E-state index is 12.7. The normalized spacial score (nSPS) is 18.2. The summed E-state index contributed by atoms with van der Waals surface area (Å²) in [5, 5.41) is 3.92. The second-order valence-electron chi connectivity index (χ2n) is 5.60. The van der Waals surface area contributed by atoms with E-state index in [0.717, 1.165) is 36.4 Å². The van der Waals surface area contributed by atoms with Crippen molar-refractivity contribution in [1.29, 1.82) is 0 Å². The van der Waals surface area contributed by atoms with Gasteiger partial charge in [-0.1, -0.05) is 5.16 Å². The van der Waals surface area contributed by atoms with Crippen LogP contribution in [0, 0.1) is 13.8 Å². The lowest BCUT2D eigenvalue weighted by Crippen LogP contribution is -2.30. The number of carbonyl (C=O) groups excluding carboxylic acids is 1. The van der Waals surface area contributed by atoms with Gasteiger partial charge in [-0.05, 0) is 50.5 Å². The van der Waals surface area contributed by atoms with Crippen molar-refractivity contribution in [2.75, 3.05) is 12.3 Å². The molecule has 2 N–H and O–H groups in total. The lowest BCUT2D eigenvalue weighted by Gasteiger charge is -2.23. The van der Waals surface area contributed by atoms with Crippen molar-refractivity contribution in [2.45, 2.75) is 32.7 Å². The summed E-state index contributed by atoms with van der Waals surface area (Å²) in [7, 11) is 0. The first-order chi connectivity index (χ1) is 10.1. The second-order valence-corrected chi connectivity index (χ2v) is 5.60. The minimum Gasteiger partial charge on any atom is -0.399 e. The number of nitrogens with zero attached hydrogens (tertiary/aromatic N) is 2. The molecule has 1 aromatic heterocycles. The van der Waals surface area contributed by atoms with Gasteiger partial charge >= 0.3 is 0 Å². The average molecular weight is 285 g/mol. The molecule has 1 unspecified atom stereocenters. The van der Waals surface area contributed by atoms with E-state index in [1.807, 2.05) is 30.9 Å². The summed E-state index contributed by atoms with van der Waals surface area (Å²) in [6.45, 7) is 4.54. The first-order valence-electron chi connectivity index (χ1n) is 7.16. The molecule has 2 heterocycles. The van der Waals surface area contributed by atoms with Gasteiger partial charge in [0.1, 0.15) is 0 Å². The molecular formula is C16H19N3O2. The topological polar surface area (TPSA) is 72.4 Å². The fraction of sp³-hybridized carbons (Fsp3) is 0.375. The number of hydrogen-bond donors (Lipinski definition) is 1. The van der Waals surface area contributed by atoms with Gasteiger partial charge in [0, 0.05) is 23.9 Å². The highest BCUT2D eigenvalue weighted by molar-refractivity contribution is 5.95. The summed E-state index contributed by atoms with van der Waals surface area (Å²) in [5.74, 6) is 0.792. The highest BCUT2D eigenvalue weighted by atomic mass is 16.5. The van der Waals surface area contributed by atoms with Crippen molar-refractivity contribution in [3.8, 4) is 0 Å². The Kier molecular flexibility index (Phi) is 3.41. The Balaban J connectivity index is 1.87. The van der Waals surface area contributed by atoms with Crippen LogP contribution in [-0.2, 0) is 0 Å². The molecular weight excluding hydrogens is 266 g/mol. The highest BCUT2D eigenvalue weighted by Gasteiger charge is 2.33. The van der Waals surface area contributed by atoms with E-state index < -0.39 is 0 Å². The van der Waals surface area contributed by atoms with Gasteiger partial charge in [-0.15, -0.1) is 0 Å². The van der Waals surface area contributed by atoms with Crippen molar-refractivity contribution in [2.24, 2.45) is 0 Å². The molecule has 3 rings (SSSR count). The Hall–Kier alpha value is -2.30. The summed E-state index contributed by atoms with van der Waals surface area (Å²) in [6, 6.07) is 7.30. The molecule has 0 radical (unpaired) electrons. The maximum atomic E-state index is 12.7. The van der Waals surface area contributed by atoms with Gasteiger partial charge in [-0.3, -0.25) is 4.79 Å². The molecule has 5 nitrogen and oxygen atoms in total. The zero-order valence-electron chi connectivity index (χ0n) is 12.3. The van der Waals surface area contributed by atoms with Gasteiger partial charge in [0.05, 0.1) is 11.7 Å². The molecule has 2 aromatic rings. The smallest absolute Gasteiger partial charge is 0.254 e. The predicted molar refractivity (Wildman–Crippen MR) is 79.8 cm³/mol. The Morgan fingerprint density at radius 1 is 1.38 bits per heavy atom. The predicted octanol–water partition coefficient (Wildman–Crippen LogP) is 2.85. The number of amides is 1. The number of hydrogen-bond acceptors (Lipinski definition) is 4. The minimum absolute atomic E-state index is 0.0171. The largest absolute Gasteiger partial charge is 0.399 e. The third-order valence-corrected chi connectivity index (χ3v) is 4.01. The lowest BCUT2D eigenvalue weighted by molar-refractivity contribution is 0.0714. The van der Waals surface area contributed by atoms with E-state index in [1.165, 1.54) is 0 Å². The number of nitrogen functional groups attached to an aromatic ring is 1. The number of carbonyl (C=O) groups is 1. The first-order valence-corrected chi connectivity index (χ1v) is 7.16. The Morgan fingerprint density at radius 2 is 2.19 bits per heavy atom. The number of aromatic nitrogens is 1. The zero-order valence-corrected chi connectivity index (χ0v) is 12.3. The average Bonchev–Trinajstić information content (AvgIpc) is 3.09. The summed E-state index contributed by atoms with van der Waals surface area (Å²) >= 11 is 0. The molecule has 1 aromatic carbocycles. The summed E-state index contributed by atoms with van der Waals surface area (Å²) in [4.78, 5) is 14.6. The molecule has 1 saturated heterocycles. The van der Waals surface area contributed by atoms with Crippen LogP contribution in [0.5, 0.6) is 0 Å². The van der Waals surface area contributed by atoms with E-state index >= 15 is 0 Å². The van der Waals surface area contributed by atoms with Gasteiger partial charge in [-0.25, -0.2) is 0 Å². The molecule has 1 aliphatic rings. The Labute approximate surface area is 123 Å². The third-order valence-electron chi connectivity index (χ3n) is 4.01. The molecule has 21 heavy (non-hydrogen) atoms. The van der Waals surface area contributed by atoms with Crippen molar-refractivity contribution in [1.82, 2.24) is 10.1 Å². The van der Waals surface area contributed by atoms with Crippen LogP contribution < -0.4 is 5.73 Å². The summed E-state index contributed by atoms with van der Waals surface area (Å²) in [6.07, 6.45) is 1.89. The number of nitrogens with two attached hydrogens (primary N) is 1. The van der Waals surface area contributed by atoms with E-state index in [1.54, 1.807) is 12.1 Å². The number of likely N-dealkylation sites (tertiary alicyclic amines) is 1. The van der Waals surface area contributed by atoms with Crippen molar-refractivity contribution in [3.05, 3.63) is 46.8 Å². The van der Waals surface area contributed by atoms with Crippen LogP contribution in [0.4, 0.5) is 5.69 Å². The maximum Gasteiger partial charge on any atom is 0.254 e. The monoisotopic (exact) mass is 285 g/mol.